The monoisotopic (exact) mass is 304 g/mol. The second-order valence-corrected chi connectivity index (χ2v) is 6.67. The Kier molecular flexibility index (Phi) is 4.81. The Hall–Kier alpha value is -1.36. The molecule has 2 fully saturated rings. The van der Waals surface area contributed by atoms with Gasteiger partial charge in [-0.05, 0) is 51.3 Å². The topological polar surface area (TPSA) is 41.4 Å². The van der Waals surface area contributed by atoms with E-state index in [0.29, 0.717) is 31.0 Å². The van der Waals surface area contributed by atoms with Crippen LogP contribution in [0, 0.1) is 6.92 Å². The maximum Gasteiger partial charge on any atom is 0.224 e. The summed E-state index contributed by atoms with van der Waals surface area (Å²) >= 11 is 0. The third-order valence-corrected chi connectivity index (χ3v) is 5.20. The fourth-order valence-corrected chi connectivity index (χ4v) is 4.13. The van der Waals surface area contributed by atoms with Crippen molar-refractivity contribution in [3.8, 4) is 0 Å². The normalized spacial score (nSPS) is 26.0. The predicted octanol–water partition coefficient (Wildman–Crippen LogP) is 2.06. The molecule has 1 amide bonds. The Morgan fingerprint density at radius 1 is 1.27 bits per heavy atom. The van der Waals surface area contributed by atoms with Crippen molar-refractivity contribution in [1.29, 1.82) is 0 Å². The number of aromatic nitrogens is 2. The molecule has 0 unspecified atom stereocenters. The van der Waals surface area contributed by atoms with Crippen LogP contribution in [0.5, 0.6) is 0 Å². The van der Waals surface area contributed by atoms with Gasteiger partial charge in [0.05, 0.1) is 6.20 Å². The highest BCUT2D eigenvalue weighted by Crippen LogP contribution is 2.30. The number of amides is 1. The van der Waals surface area contributed by atoms with Gasteiger partial charge in [0.25, 0.3) is 0 Å². The molecule has 3 heterocycles. The van der Waals surface area contributed by atoms with E-state index >= 15 is 0 Å². The summed E-state index contributed by atoms with van der Waals surface area (Å²) in [4.78, 5) is 17.4. The zero-order valence-corrected chi connectivity index (χ0v) is 13.9. The molecule has 0 saturated carbocycles. The molecule has 0 radical (unpaired) electrons. The van der Waals surface area contributed by atoms with E-state index in [1.165, 1.54) is 25.8 Å². The molecule has 2 saturated heterocycles. The van der Waals surface area contributed by atoms with Crippen LogP contribution in [0.3, 0.4) is 0 Å². The molecule has 0 spiro atoms. The Balaban J connectivity index is 1.58. The fourth-order valence-electron chi connectivity index (χ4n) is 4.13. The van der Waals surface area contributed by atoms with Crippen LogP contribution in [-0.4, -0.2) is 57.2 Å². The van der Waals surface area contributed by atoms with Crippen molar-refractivity contribution in [3.05, 3.63) is 18.0 Å². The third-order valence-electron chi connectivity index (χ3n) is 5.20. The van der Waals surface area contributed by atoms with E-state index in [9.17, 15) is 4.79 Å². The summed E-state index contributed by atoms with van der Waals surface area (Å²) in [5, 5.41) is 4.27. The first-order chi connectivity index (χ1) is 10.7. The molecule has 22 heavy (non-hydrogen) atoms. The zero-order valence-electron chi connectivity index (χ0n) is 13.9. The summed E-state index contributed by atoms with van der Waals surface area (Å²) in [5.41, 5.74) is 1.15. The molecule has 2 aliphatic heterocycles. The van der Waals surface area contributed by atoms with Crippen LogP contribution in [0.2, 0.25) is 0 Å². The summed E-state index contributed by atoms with van der Waals surface area (Å²) in [6, 6.07) is 1.03. The molecule has 2 atom stereocenters. The Labute approximate surface area is 133 Å². The Morgan fingerprint density at radius 3 is 2.77 bits per heavy atom. The lowest BCUT2D eigenvalue weighted by Crippen LogP contribution is -2.48. The van der Waals surface area contributed by atoms with E-state index in [2.05, 4.69) is 21.8 Å². The summed E-state index contributed by atoms with van der Waals surface area (Å²) in [6.45, 7) is 8.20. The Morgan fingerprint density at radius 2 is 2.05 bits per heavy atom. The predicted molar refractivity (Wildman–Crippen MR) is 86.6 cm³/mol. The van der Waals surface area contributed by atoms with Crippen LogP contribution in [-0.2, 0) is 11.3 Å². The number of aryl methyl sites for hydroxylation is 2. The van der Waals surface area contributed by atoms with Crippen molar-refractivity contribution < 1.29 is 4.79 Å². The molecule has 5 nitrogen and oxygen atoms in total. The van der Waals surface area contributed by atoms with Crippen molar-refractivity contribution in [1.82, 2.24) is 19.6 Å². The van der Waals surface area contributed by atoms with E-state index in [4.69, 9.17) is 0 Å². The van der Waals surface area contributed by atoms with E-state index in [0.717, 1.165) is 25.1 Å². The van der Waals surface area contributed by atoms with Gasteiger partial charge in [-0.15, -0.1) is 0 Å². The van der Waals surface area contributed by atoms with Crippen molar-refractivity contribution in [2.45, 2.75) is 64.6 Å². The fraction of sp³-hybridized carbons (Fsp3) is 0.765. The highest BCUT2D eigenvalue weighted by atomic mass is 16.2. The van der Waals surface area contributed by atoms with Gasteiger partial charge < -0.3 is 4.90 Å². The van der Waals surface area contributed by atoms with Gasteiger partial charge in [0.2, 0.25) is 5.91 Å². The average Bonchev–Trinajstić information content (AvgIpc) is 3.23. The molecular weight excluding hydrogens is 276 g/mol. The van der Waals surface area contributed by atoms with Gasteiger partial charge in [-0.25, -0.2) is 0 Å². The SMILES string of the molecule is CCN1CCC[C@H]1[C@H]1CCCN1C(=O)CCn1cc(C)cn1. The summed E-state index contributed by atoms with van der Waals surface area (Å²) in [5.74, 6) is 0.304. The minimum Gasteiger partial charge on any atom is -0.338 e. The first kappa shape index (κ1) is 15.5. The maximum absolute atomic E-state index is 12.7. The number of likely N-dealkylation sites (tertiary alicyclic amines) is 2. The second kappa shape index (κ2) is 6.82. The standard InChI is InChI=1S/C17H28N4O/c1-3-19-9-4-6-15(19)16-7-5-10-21(16)17(22)8-11-20-13-14(2)12-18-20/h12-13,15-16H,3-11H2,1-2H3/t15-,16+/m0/s1. The summed E-state index contributed by atoms with van der Waals surface area (Å²) in [7, 11) is 0. The Bertz CT molecular complexity index is 513. The van der Waals surface area contributed by atoms with E-state index in [1.807, 2.05) is 24.0 Å². The van der Waals surface area contributed by atoms with Crippen LogP contribution >= 0.6 is 0 Å². The quantitative estimate of drug-likeness (QED) is 0.836. The molecule has 0 aromatic carbocycles. The highest BCUT2D eigenvalue weighted by Gasteiger charge is 2.38. The van der Waals surface area contributed by atoms with E-state index in [1.54, 1.807) is 0 Å². The number of carbonyl (C=O) groups is 1. The first-order valence-corrected chi connectivity index (χ1v) is 8.71. The molecule has 0 N–H and O–H groups in total. The first-order valence-electron chi connectivity index (χ1n) is 8.71. The minimum atomic E-state index is 0.304. The van der Waals surface area contributed by atoms with Crippen LogP contribution in [0.25, 0.3) is 0 Å². The molecule has 5 heteroatoms. The van der Waals surface area contributed by atoms with Crippen molar-refractivity contribution in [2.75, 3.05) is 19.6 Å². The van der Waals surface area contributed by atoms with E-state index < -0.39 is 0 Å². The molecule has 0 bridgehead atoms. The molecule has 122 valence electrons. The number of rotatable bonds is 5. The van der Waals surface area contributed by atoms with Gasteiger partial charge in [0, 0.05) is 37.8 Å². The summed E-state index contributed by atoms with van der Waals surface area (Å²) < 4.78 is 1.88. The third kappa shape index (κ3) is 3.19. The molecule has 1 aromatic rings. The van der Waals surface area contributed by atoms with Gasteiger partial charge in [-0.3, -0.25) is 14.4 Å². The van der Waals surface area contributed by atoms with Crippen molar-refractivity contribution >= 4 is 5.91 Å². The van der Waals surface area contributed by atoms with Gasteiger partial charge in [-0.2, -0.15) is 5.10 Å². The van der Waals surface area contributed by atoms with Crippen LogP contribution < -0.4 is 0 Å². The van der Waals surface area contributed by atoms with Crippen LogP contribution in [0.15, 0.2) is 12.4 Å². The molecular formula is C17H28N4O. The van der Waals surface area contributed by atoms with Crippen molar-refractivity contribution in [3.63, 3.8) is 0 Å². The number of likely N-dealkylation sites (N-methyl/N-ethyl adjacent to an activating group) is 1. The molecule has 0 aliphatic carbocycles. The van der Waals surface area contributed by atoms with Gasteiger partial charge in [0.15, 0.2) is 0 Å². The molecule has 1 aromatic heterocycles. The number of carbonyl (C=O) groups excluding carboxylic acids is 1. The lowest BCUT2D eigenvalue weighted by Gasteiger charge is -2.34. The number of hydrogen-bond donors (Lipinski definition) is 0. The smallest absolute Gasteiger partial charge is 0.224 e. The highest BCUT2D eigenvalue weighted by molar-refractivity contribution is 5.76. The molecule has 2 aliphatic rings. The van der Waals surface area contributed by atoms with Crippen LogP contribution in [0.4, 0.5) is 0 Å². The van der Waals surface area contributed by atoms with Gasteiger partial charge in [0.1, 0.15) is 0 Å². The average molecular weight is 304 g/mol. The second-order valence-electron chi connectivity index (χ2n) is 6.67. The molecule has 3 rings (SSSR count). The summed E-state index contributed by atoms with van der Waals surface area (Å²) in [6.07, 6.45) is 9.28. The number of nitrogens with zero attached hydrogens (tertiary/aromatic N) is 4. The minimum absolute atomic E-state index is 0.304. The van der Waals surface area contributed by atoms with Gasteiger partial charge in [-0.1, -0.05) is 6.92 Å². The van der Waals surface area contributed by atoms with E-state index in [-0.39, 0.29) is 0 Å². The lowest BCUT2D eigenvalue weighted by atomic mass is 10.0. The lowest BCUT2D eigenvalue weighted by molar-refractivity contribution is -0.133. The van der Waals surface area contributed by atoms with Crippen molar-refractivity contribution in [2.24, 2.45) is 0 Å². The van der Waals surface area contributed by atoms with Crippen LogP contribution in [0.1, 0.15) is 44.6 Å². The largest absolute Gasteiger partial charge is 0.338 e. The maximum atomic E-state index is 12.7. The van der Waals surface area contributed by atoms with Gasteiger partial charge >= 0.3 is 0 Å². The number of hydrogen-bond acceptors (Lipinski definition) is 3. The zero-order chi connectivity index (χ0) is 15.5.